The molecule has 0 saturated carbocycles. The first-order valence-electron chi connectivity index (χ1n) is 8.01. The van der Waals surface area contributed by atoms with Crippen molar-refractivity contribution in [3.63, 3.8) is 0 Å². The average molecular weight is 356 g/mol. The third-order valence-electron chi connectivity index (χ3n) is 4.65. The number of H-pyrrole nitrogens is 1. The van der Waals surface area contributed by atoms with E-state index in [-0.39, 0.29) is 5.92 Å². The highest BCUT2D eigenvalue weighted by Gasteiger charge is 2.31. The lowest BCUT2D eigenvalue weighted by atomic mass is 9.92. The number of nitrogens with zero attached hydrogens (tertiary/aromatic N) is 5. The number of sulfonamides is 1. The van der Waals surface area contributed by atoms with Gasteiger partial charge < -0.3 is 0 Å². The second kappa shape index (κ2) is 6.06. The van der Waals surface area contributed by atoms with Crippen LogP contribution in [0.1, 0.15) is 24.5 Å². The molecule has 9 heteroatoms. The molecular weight excluding hydrogens is 340 g/mol. The Morgan fingerprint density at radius 1 is 1.36 bits per heavy atom. The minimum absolute atomic E-state index is 0.0149. The molecule has 1 unspecified atom stereocenters. The second-order valence-corrected chi connectivity index (χ2v) is 8.13. The predicted octanol–water partition coefficient (Wildman–Crippen LogP) is 1.54. The molecule has 0 spiro atoms. The Morgan fingerprint density at radius 2 is 2.24 bits per heavy atom. The zero-order valence-electron chi connectivity index (χ0n) is 13.4. The van der Waals surface area contributed by atoms with Gasteiger partial charge in [-0.1, -0.05) is 0 Å². The molecule has 1 N–H and O–H groups in total. The van der Waals surface area contributed by atoms with E-state index in [1.165, 1.54) is 4.31 Å². The minimum Gasteiger partial charge on any atom is -0.282 e. The van der Waals surface area contributed by atoms with Gasteiger partial charge in [0.15, 0.2) is 11.4 Å². The number of nitrogens with one attached hydrogen (secondary N) is 1. The van der Waals surface area contributed by atoms with Gasteiger partial charge in [0, 0.05) is 53.3 Å². The summed E-state index contributed by atoms with van der Waals surface area (Å²) in [6, 6.07) is 3.66. The molecule has 0 bridgehead atoms. The summed E-state index contributed by atoms with van der Waals surface area (Å²) in [6.45, 7) is 0.798. The first-order chi connectivity index (χ1) is 12.1. The summed E-state index contributed by atoms with van der Waals surface area (Å²) in [4.78, 5) is 8.57. The maximum Gasteiger partial charge on any atom is 0.227 e. The summed E-state index contributed by atoms with van der Waals surface area (Å²) in [5.74, 6) is -0.503. The van der Waals surface area contributed by atoms with E-state index < -0.39 is 15.8 Å². The Labute approximate surface area is 144 Å². The number of fused-ring (bicyclic) bond motifs is 3. The SMILES string of the molecule is N#CCS(=O)(=O)N1CCCC(c2[nH]ncc3cnc4nccc4c23)C1. The van der Waals surface area contributed by atoms with E-state index in [1.54, 1.807) is 24.7 Å². The van der Waals surface area contributed by atoms with Crippen molar-refractivity contribution in [3.8, 4) is 6.07 Å². The van der Waals surface area contributed by atoms with Gasteiger partial charge in [0.25, 0.3) is 0 Å². The molecular formula is C16H16N6O2S. The van der Waals surface area contributed by atoms with E-state index in [0.29, 0.717) is 18.7 Å². The van der Waals surface area contributed by atoms with Gasteiger partial charge >= 0.3 is 0 Å². The van der Waals surface area contributed by atoms with Gasteiger partial charge in [0.1, 0.15) is 0 Å². The summed E-state index contributed by atoms with van der Waals surface area (Å²) in [7, 11) is -3.55. The topological polar surface area (TPSA) is 116 Å². The van der Waals surface area contributed by atoms with Crippen LogP contribution in [0.4, 0.5) is 0 Å². The third-order valence-corrected chi connectivity index (χ3v) is 6.27. The molecule has 1 aliphatic rings. The maximum absolute atomic E-state index is 12.3. The van der Waals surface area contributed by atoms with Gasteiger partial charge in [-0.3, -0.25) is 5.10 Å². The molecule has 1 atom stereocenters. The fraction of sp³-hybridized carbons (Fsp3) is 0.375. The lowest BCUT2D eigenvalue weighted by Gasteiger charge is -2.31. The number of rotatable bonds is 3. The standard InChI is InChI=1S/C16H16N6O2S/c17-4-7-25(23,24)22-6-1-2-11(10-22)15-14-12(9-20-21-15)8-19-16-13(14)3-5-18-16/h3,5,8-9,11,21H,1-2,6-7,10H2. The van der Waals surface area contributed by atoms with Gasteiger partial charge in [0.2, 0.25) is 10.0 Å². The molecule has 25 heavy (non-hydrogen) atoms. The van der Waals surface area contributed by atoms with Crippen molar-refractivity contribution in [3.05, 3.63) is 30.4 Å². The Bertz CT molecular complexity index is 1080. The summed E-state index contributed by atoms with van der Waals surface area (Å²) in [5, 5.41) is 18.9. The lowest BCUT2D eigenvalue weighted by molar-refractivity contribution is 0.314. The van der Waals surface area contributed by atoms with Crippen molar-refractivity contribution in [2.75, 3.05) is 18.8 Å². The Morgan fingerprint density at radius 3 is 3.08 bits per heavy atom. The van der Waals surface area contributed by atoms with Crippen LogP contribution in [0.5, 0.6) is 0 Å². The van der Waals surface area contributed by atoms with Crippen LogP contribution in [-0.4, -0.2) is 51.7 Å². The number of hydrogen-bond donors (Lipinski definition) is 1. The minimum atomic E-state index is -3.55. The first-order valence-corrected chi connectivity index (χ1v) is 9.62. The van der Waals surface area contributed by atoms with Gasteiger partial charge in [-0.2, -0.15) is 10.4 Å². The number of hydrogen-bond acceptors (Lipinski definition) is 6. The number of aromatic amines is 1. The summed E-state index contributed by atoms with van der Waals surface area (Å²) in [6.07, 6.45) is 6.76. The molecule has 128 valence electrons. The van der Waals surface area contributed by atoms with E-state index in [0.717, 1.165) is 34.7 Å². The van der Waals surface area contributed by atoms with Crippen LogP contribution in [0.3, 0.4) is 0 Å². The smallest absolute Gasteiger partial charge is 0.227 e. The van der Waals surface area contributed by atoms with Gasteiger partial charge in [-0.15, -0.1) is 0 Å². The third kappa shape index (κ3) is 2.73. The number of pyridine rings is 1. The zero-order chi connectivity index (χ0) is 17.4. The second-order valence-electron chi connectivity index (χ2n) is 6.17. The number of aromatic nitrogens is 4. The van der Waals surface area contributed by atoms with E-state index in [1.807, 2.05) is 6.07 Å². The fourth-order valence-corrected chi connectivity index (χ4v) is 4.66. The van der Waals surface area contributed by atoms with Crippen molar-refractivity contribution < 1.29 is 8.42 Å². The highest BCUT2D eigenvalue weighted by atomic mass is 32.2. The average Bonchev–Trinajstić information content (AvgIpc) is 3.10. The number of nitriles is 1. The van der Waals surface area contributed by atoms with Crippen LogP contribution in [0.15, 0.2) is 24.7 Å². The van der Waals surface area contributed by atoms with Gasteiger partial charge in [-0.05, 0) is 18.9 Å². The molecule has 0 radical (unpaired) electrons. The van der Waals surface area contributed by atoms with E-state index >= 15 is 0 Å². The Hall–Kier alpha value is -2.57. The monoisotopic (exact) mass is 356 g/mol. The van der Waals surface area contributed by atoms with Crippen molar-refractivity contribution >= 4 is 31.8 Å². The van der Waals surface area contributed by atoms with Crippen molar-refractivity contribution in [2.45, 2.75) is 18.8 Å². The van der Waals surface area contributed by atoms with E-state index in [4.69, 9.17) is 5.26 Å². The zero-order valence-corrected chi connectivity index (χ0v) is 14.2. The fourth-order valence-electron chi connectivity index (χ4n) is 3.50. The van der Waals surface area contributed by atoms with Crippen LogP contribution in [0.2, 0.25) is 0 Å². The molecule has 8 nitrogen and oxygen atoms in total. The van der Waals surface area contributed by atoms with Crippen LogP contribution in [-0.2, 0) is 10.0 Å². The molecule has 0 aliphatic carbocycles. The van der Waals surface area contributed by atoms with E-state index in [2.05, 4.69) is 20.2 Å². The maximum atomic E-state index is 12.3. The molecule has 0 amide bonds. The number of piperidine rings is 1. The first kappa shape index (κ1) is 15.9. The van der Waals surface area contributed by atoms with Crippen molar-refractivity contribution in [1.29, 1.82) is 5.26 Å². The van der Waals surface area contributed by atoms with Gasteiger partial charge in [0.05, 0.1) is 12.3 Å². The molecule has 1 aliphatic heterocycles. The van der Waals surface area contributed by atoms with Crippen LogP contribution in [0, 0.1) is 11.3 Å². The quantitative estimate of drug-likeness (QED) is 0.761. The summed E-state index contributed by atoms with van der Waals surface area (Å²) in [5.41, 5.74) is 1.56. The molecule has 4 heterocycles. The normalized spacial score (nSPS) is 19.2. The molecule has 3 aromatic rings. The van der Waals surface area contributed by atoms with Crippen molar-refractivity contribution in [1.82, 2.24) is 24.5 Å². The van der Waals surface area contributed by atoms with Crippen LogP contribution >= 0.6 is 0 Å². The molecule has 0 aromatic carbocycles. The molecule has 4 rings (SSSR count). The van der Waals surface area contributed by atoms with Gasteiger partial charge in [-0.25, -0.2) is 22.7 Å². The summed E-state index contributed by atoms with van der Waals surface area (Å²) < 4.78 is 25.9. The molecule has 1 saturated heterocycles. The largest absolute Gasteiger partial charge is 0.282 e. The lowest BCUT2D eigenvalue weighted by Crippen LogP contribution is -2.40. The predicted molar refractivity (Wildman–Crippen MR) is 92.1 cm³/mol. The van der Waals surface area contributed by atoms with Crippen LogP contribution in [0.25, 0.3) is 21.8 Å². The molecule has 1 fully saturated rings. The highest BCUT2D eigenvalue weighted by Crippen LogP contribution is 2.34. The van der Waals surface area contributed by atoms with Crippen LogP contribution < -0.4 is 0 Å². The summed E-state index contributed by atoms with van der Waals surface area (Å²) >= 11 is 0. The Balaban J connectivity index is 1.79. The molecule has 3 aromatic heterocycles. The highest BCUT2D eigenvalue weighted by molar-refractivity contribution is 7.89. The van der Waals surface area contributed by atoms with E-state index in [9.17, 15) is 8.42 Å². The van der Waals surface area contributed by atoms with Crippen molar-refractivity contribution in [2.24, 2.45) is 0 Å². The Kier molecular flexibility index (Phi) is 3.86.